The van der Waals surface area contributed by atoms with Gasteiger partial charge in [0.05, 0.1) is 31.0 Å². The van der Waals surface area contributed by atoms with E-state index in [-0.39, 0.29) is 71.1 Å². The van der Waals surface area contributed by atoms with E-state index in [2.05, 4.69) is 26.2 Å². The van der Waals surface area contributed by atoms with Crippen molar-refractivity contribution in [3.05, 3.63) is 82.2 Å². The van der Waals surface area contributed by atoms with Crippen molar-refractivity contribution in [3.63, 3.8) is 0 Å². The maximum Gasteiger partial charge on any atom is 0.237 e. The monoisotopic (exact) mass is 565 g/mol. The molecule has 0 unspecified atom stereocenters. The van der Waals surface area contributed by atoms with Crippen molar-refractivity contribution in [1.29, 1.82) is 5.26 Å². The number of oxazole rings is 1. The van der Waals surface area contributed by atoms with Gasteiger partial charge in [-0.2, -0.15) is 5.26 Å². The average Bonchev–Trinajstić information content (AvgIpc) is 3.43. The maximum atomic E-state index is 14.8. The van der Waals surface area contributed by atoms with Gasteiger partial charge in [-0.05, 0) is 42.0 Å². The van der Waals surface area contributed by atoms with Gasteiger partial charge < -0.3 is 24.7 Å². The zero-order valence-corrected chi connectivity index (χ0v) is 21.9. The molecule has 0 saturated heterocycles. The van der Waals surface area contributed by atoms with Crippen molar-refractivity contribution in [2.75, 3.05) is 31.7 Å². The molecule has 0 aliphatic heterocycles. The van der Waals surface area contributed by atoms with Crippen LogP contribution in [-0.4, -0.2) is 46.5 Å². The van der Waals surface area contributed by atoms with Crippen molar-refractivity contribution in [1.82, 2.24) is 9.97 Å². The molecule has 2 heterocycles. The largest absolute Gasteiger partial charge is 0.488 e. The maximum absolute atomic E-state index is 14.8. The van der Waals surface area contributed by atoms with E-state index in [0.29, 0.717) is 16.6 Å². The van der Waals surface area contributed by atoms with E-state index in [1.54, 1.807) is 24.3 Å². The molecule has 4 rings (SSSR count). The molecule has 0 radical (unpaired) electrons. The lowest BCUT2D eigenvalue weighted by Crippen LogP contribution is -2.09. The normalized spacial score (nSPS) is 10.6. The van der Waals surface area contributed by atoms with Crippen molar-refractivity contribution in [2.45, 2.75) is 10.8 Å². The number of hydrogen-bond acceptors (Lipinski definition) is 9. The van der Waals surface area contributed by atoms with E-state index in [0.717, 1.165) is 11.6 Å². The molecular formula is C27H21ClFN5O4S. The Balaban J connectivity index is 1.72. The molecule has 12 heteroatoms. The smallest absolute Gasteiger partial charge is 0.237 e. The van der Waals surface area contributed by atoms with Crippen molar-refractivity contribution < 1.29 is 23.8 Å². The number of benzene rings is 2. The second-order valence-electron chi connectivity index (χ2n) is 7.89. The number of ether oxygens (including phenoxy) is 1. The molecular weight excluding hydrogens is 545 g/mol. The van der Waals surface area contributed by atoms with E-state index in [1.165, 1.54) is 30.2 Å². The van der Waals surface area contributed by atoms with Crippen LogP contribution in [0.15, 0.2) is 58.2 Å². The Bertz CT molecular complexity index is 1550. The van der Waals surface area contributed by atoms with Gasteiger partial charge in [-0.3, -0.25) is 0 Å². The highest BCUT2D eigenvalue weighted by Gasteiger charge is 2.23. The number of nitrogens with one attached hydrogen (secondary N) is 1. The van der Waals surface area contributed by atoms with Crippen LogP contribution >= 0.6 is 23.4 Å². The number of aliphatic hydroxyl groups is 2. The Morgan fingerprint density at radius 3 is 2.59 bits per heavy atom. The summed E-state index contributed by atoms with van der Waals surface area (Å²) in [7, 11) is 0. The molecule has 4 aromatic rings. The van der Waals surface area contributed by atoms with Gasteiger partial charge in [0.15, 0.2) is 11.6 Å². The van der Waals surface area contributed by atoms with Gasteiger partial charge in [-0.15, -0.1) is 0 Å². The fourth-order valence-corrected chi connectivity index (χ4v) is 4.61. The van der Waals surface area contributed by atoms with Gasteiger partial charge in [0.25, 0.3) is 0 Å². The van der Waals surface area contributed by atoms with E-state index in [9.17, 15) is 14.8 Å². The molecule has 0 atom stereocenters. The summed E-state index contributed by atoms with van der Waals surface area (Å²) in [6, 6.07) is 13.2. The van der Waals surface area contributed by atoms with Crippen LogP contribution in [0.3, 0.4) is 0 Å². The summed E-state index contributed by atoms with van der Waals surface area (Å²) in [6.45, 7) is 7.30. The second kappa shape index (κ2) is 13.1. The molecule has 198 valence electrons. The Morgan fingerprint density at radius 2 is 1.92 bits per heavy atom. The van der Waals surface area contributed by atoms with Crippen LogP contribution in [0, 0.1) is 23.7 Å². The van der Waals surface area contributed by atoms with Gasteiger partial charge >= 0.3 is 0 Å². The first kappa shape index (κ1) is 27.9. The third-order valence-electron chi connectivity index (χ3n) is 5.34. The van der Waals surface area contributed by atoms with Crippen LogP contribution in [-0.2, 0) is 5.75 Å². The van der Waals surface area contributed by atoms with E-state index < -0.39 is 5.82 Å². The molecule has 0 saturated carbocycles. The zero-order valence-electron chi connectivity index (χ0n) is 20.3. The third kappa shape index (κ3) is 6.48. The molecule has 0 spiro atoms. The predicted octanol–water partition coefficient (Wildman–Crippen LogP) is 5.69. The first-order valence-corrected chi connectivity index (χ1v) is 12.9. The average molecular weight is 566 g/mol. The van der Waals surface area contributed by atoms with Crippen molar-refractivity contribution in [2.24, 2.45) is 0 Å². The highest BCUT2D eigenvalue weighted by molar-refractivity contribution is 7.98. The summed E-state index contributed by atoms with van der Waals surface area (Å²) in [5.41, 5.74) is 1.91. The first-order valence-electron chi connectivity index (χ1n) is 11.6. The minimum absolute atomic E-state index is 0.0132. The molecule has 0 amide bonds. The molecule has 39 heavy (non-hydrogen) atoms. The molecule has 0 aliphatic carbocycles. The number of nitriles is 1. The number of thioether (sulfide) groups is 1. The van der Waals surface area contributed by atoms with Crippen LogP contribution < -0.4 is 10.1 Å². The number of aliphatic hydroxyl groups excluding tert-OH is 2. The topological polar surface area (TPSA) is 129 Å². The van der Waals surface area contributed by atoms with Crippen molar-refractivity contribution >= 4 is 34.9 Å². The fraction of sp³-hybridized carbons (Fsp3) is 0.185. The highest BCUT2D eigenvalue weighted by Crippen LogP contribution is 2.43. The van der Waals surface area contributed by atoms with Crippen LogP contribution in [0.5, 0.6) is 5.75 Å². The van der Waals surface area contributed by atoms with Crippen LogP contribution in [0.4, 0.5) is 15.9 Å². The summed E-state index contributed by atoms with van der Waals surface area (Å²) in [4.78, 5) is 12.6. The fourth-order valence-electron chi connectivity index (χ4n) is 3.62. The molecule has 9 nitrogen and oxygen atoms in total. The highest BCUT2D eigenvalue weighted by atomic mass is 35.5. The number of rotatable bonds is 11. The Morgan fingerprint density at radius 1 is 1.15 bits per heavy atom. The standard InChI is InChI=1S/C27H21ClFN5O4S/c1-31-24-23(17-4-7-22(21(29)12-17)37-11-10-36)20(13-30)27(34-25(24)32-8-9-35)39-15-19-14-38-26(33-19)16-2-5-18(28)6-3-16/h2-7,12,14,35-36H,8-11,15H2,(H,32,34). The number of anilines is 1. The molecule has 2 aromatic heterocycles. The predicted molar refractivity (Wildman–Crippen MR) is 145 cm³/mol. The van der Waals surface area contributed by atoms with Gasteiger partial charge in [0, 0.05) is 28.4 Å². The summed E-state index contributed by atoms with van der Waals surface area (Å²) >= 11 is 7.15. The van der Waals surface area contributed by atoms with Crippen molar-refractivity contribution in [3.8, 4) is 34.4 Å². The molecule has 0 bridgehead atoms. The van der Waals surface area contributed by atoms with Gasteiger partial charge in [-0.25, -0.2) is 19.2 Å². The third-order valence-corrected chi connectivity index (χ3v) is 6.60. The summed E-state index contributed by atoms with van der Waals surface area (Å²) in [5, 5.41) is 32.2. The summed E-state index contributed by atoms with van der Waals surface area (Å²) < 4.78 is 25.6. The molecule has 0 aliphatic rings. The SMILES string of the molecule is [C-]#[N+]c1c(NCCO)nc(SCc2coc(-c3ccc(Cl)cc3)n2)c(C#N)c1-c1ccc(OCCO)c(F)c1. The number of hydrogen-bond donors (Lipinski definition) is 3. The Labute approximate surface area is 232 Å². The molecule has 2 aromatic carbocycles. The number of pyridine rings is 1. The molecule has 3 N–H and O–H groups in total. The first-order chi connectivity index (χ1) is 19.0. The van der Waals surface area contributed by atoms with Crippen LogP contribution in [0.1, 0.15) is 11.3 Å². The Hall–Kier alpha value is -4.13. The second-order valence-corrected chi connectivity index (χ2v) is 9.30. The molecule has 0 fully saturated rings. The Kier molecular flexibility index (Phi) is 9.36. The minimum Gasteiger partial charge on any atom is -0.488 e. The number of aromatic nitrogens is 2. The number of nitrogens with zero attached hydrogens (tertiary/aromatic N) is 4. The lowest BCUT2D eigenvalue weighted by molar-refractivity contribution is 0.196. The summed E-state index contributed by atoms with van der Waals surface area (Å²) in [5.74, 6) is 0.0641. The quantitative estimate of drug-likeness (QED) is 0.155. The lowest BCUT2D eigenvalue weighted by Gasteiger charge is -2.16. The van der Waals surface area contributed by atoms with Gasteiger partial charge in [-0.1, -0.05) is 29.4 Å². The van der Waals surface area contributed by atoms with E-state index in [4.69, 9.17) is 32.4 Å². The van der Waals surface area contributed by atoms with Gasteiger partial charge in [0.2, 0.25) is 11.6 Å². The lowest BCUT2D eigenvalue weighted by atomic mass is 9.99. The van der Waals surface area contributed by atoms with E-state index >= 15 is 0 Å². The van der Waals surface area contributed by atoms with Gasteiger partial charge in [0.1, 0.15) is 29.8 Å². The number of halogens is 2. The van der Waals surface area contributed by atoms with Crippen LogP contribution in [0.2, 0.25) is 5.02 Å². The zero-order chi connectivity index (χ0) is 27.8. The summed E-state index contributed by atoms with van der Waals surface area (Å²) in [6.07, 6.45) is 1.50. The minimum atomic E-state index is -0.714. The van der Waals surface area contributed by atoms with E-state index in [1.807, 2.05) is 0 Å². The van der Waals surface area contributed by atoms with Crippen LogP contribution in [0.25, 0.3) is 27.4 Å².